The average molecular weight is 211 g/mol. The topological polar surface area (TPSA) is 72.6 Å². The van der Waals surface area contributed by atoms with Crippen molar-refractivity contribution in [3.05, 3.63) is 17.8 Å². The summed E-state index contributed by atoms with van der Waals surface area (Å²) in [7, 11) is 0. The third kappa shape index (κ3) is 2.56. The number of ether oxygens (including phenoxy) is 1. The second-order valence-electron chi connectivity index (χ2n) is 3.55. The van der Waals surface area contributed by atoms with Crippen LogP contribution in [-0.2, 0) is 16.0 Å². The van der Waals surface area contributed by atoms with Crippen LogP contribution in [0.2, 0.25) is 0 Å². The number of aryl methyl sites for hydroxylation is 1. The van der Waals surface area contributed by atoms with E-state index in [1.807, 2.05) is 0 Å². The molecule has 2 rings (SSSR count). The summed E-state index contributed by atoms with van der Waals surface area (Å²) in [6, 6.07) is 0. The lowest BCUT2D eigenvalue weighted by molar-refractivity contribution is -0.137. The normalized spacial score (nSPS) is 20.7. The van der Waals surface area contributed by atoms with E-state index in [0.717, 1.165) is 19.4 Å². The molecule has 15 heavy (non-hydrogen) atoms. The highest BCUT2D eigenvalue weighted by Crippen LogP contribution is 2.28. The SMILES string of the molecule is O=C(O)CCc1ncc(C2CCCO2)o1. The lowest BCUT2D eigenvalue weighted by atomic mass is 10.2. The average Bonchev–Trinajstić information content (AvgIpc) is 2.85. The van der Waals surface area contributed by atoms with Gasteiger partial charge >= 0.3 is 5.97 Å². The van der Waals surface area contributed by atoms with E-state index < -0.39 is 5.97 Å². The maximum atomic E-state index is 10.3. The molecule has 0 bridgehead atoms. The summed E-state index contributed by atoms with van der Waals surface area (Å²) >= 11 is 0. The van der Waals surface area contributed by atoms with Crippen molar-refractivity contribution < 1.29 is 19.1 Å². The van der Waals surface area contributed by atoms with E-state index >= 15 is 0 Å². The Hall–Kier alpha value is -1.36. The second-order valence-corrected chi connectivity index (χ2v) is 3.55. The third-order valence-corrected chi connectivity index (χ3v) is 2.37. The smallest absolute Gasteiger partial charge is 0.303 e. The number of rotatable bonds is 4. The molecule has 82 valence electrons. The Morgan fingerprint density at radius 1 is 1.67 bits per heavy atom. The van der Waals surface area contributed by atoms with Crippen LogP contribution in [0.15, 0.2) is 10.6 Å². The van der Waals surface area contributed by atoms with Crippen molar-refractivity contribution >= 4 is 5.97 Å². The summed E-state index contributed by atoms with van der Waals surface area (Å²) in [5.41, 5.74) is 0. The highest BCUT2D eigenvalue weighted by molar-refractivity contribution is 5.66. The highest BCUT2D eigenvalue weighted by Gasteiger charge is 2.21. The molecule has 1 aromatic rings. The Kier molecular flexibility index (Phi) is 3.01. The van der Waals surface area contributed by atoms with Crippen LogP contribution in [0.1, 0.15) is 37.0 Å². The summed E-state index contributed by atoms with van der Waals surface area (Å²) in [5, 5.41) is 8.50. The minimum Gasteiger partial charge on any atom is -0.481 e. The van der Waals surface area contributed by atoms with Crippen LogP contribution in [0, 0.1) is 0 Å². The van der Waals surface area contributed by atoms with Crippen molar-refractivity contribution in [3.8, 4) is 0 Å². The van der Waals surface area contributed by atoms with E-state index in [-0.39, 0.29) is 12.5 Å². The van der Waals surface area contributed by atoms with E-state index in [1.54, 1.807) is 6.20 Å². The molecule has 1 unspecified atom stereocenters. The van der Waals surface area contributed by atoms with Crippen LogP contribution in [0.4, 0.5) is 0 Å². The van der Waals surface area contributed by atoms with Gasteiger partial charge in [-0.25, -0.2) is 4.98 Å². The molecular weight excluding hydrogens is 198 g/mol. The van der Waals surface area contributed by atoms with Gasteiger partial charge in [0.2, 0.25) is 0 Å². The van der Waals surface area contributed by atoms with Crippen LogP contribution < -0.4 is 0 Å². The monoisotopic (exact) mass is 211 g/mol. The molecule has 1 aliphatic heterocycles. The van der Waals surface area contributed by atoms with Gasteiger partial charge in [-0.2, -0.15) is 0 Å². The van der Waals surface area contributed by atoms with Crippen LogP contribution in [-0.4, -0.2) is 22.7 Å². The number of carboxylic acids is 1. The summed E-state index contributed by atoms with van der Waals surface area (Å²) in [4.78, 5) is 14.4. The minimum atomic E-state index is -0.841. The number of hydrogen-bond donors (Lipinski definition) is 1. The maximum absolute atomic E-state index is 10.3. The number of carbonyl (C=O) groups is 1. The minimum absolute atomic E-state index is 0.0103. The standard InChI is InChI=1S/C10H13NO4/c12-10(13)4-3-9-11-6-8(15-9)7-2-1-5-14-7/h6-7H,1-5H2,(H,12,13). The number of aliphatic carboxylic acids is 1. The summed E-state index contributed by atoms with van der Waals surface area (Å²) in [6.45, 7) is 0.760. The molecule has 1 aromatic heterocycles. The molecule has 1 atom stereocenters. The van der Waals surface area contributed by atoms with Crippen LogP contribution in [0.25, 0.3) is 0 Å². The first-order valence-electron chi connectivity index (χ1n) is 5.03. The third-order valence-electron chi connectivity index (χ3n) is 2.37. The fourth-order valence-corrected chi connectivity index (χ4v) is 1.60. The van der Waals surface area contributed by atoms with Gasteiger partial charge in [0, 0.05) is 13.0 Å². The quantitative estimate of drug-likeness (QED) is 0.817. The van der Waals surface area contributed by atoms with Crippen molar-refractivity contribution in [1.82, 2.24) is 4.98 Å². The van der Waals surface area contributed by atoms with Crippen LogP contribution in [0.5, 0.6) is 0 Å². The molecule has 1 saturated heterocycles. The molecular formula is C10H13NO4. The Morgan fingerprint density at radius 2 is 2.53 bits per heavy atom. The predicted octanol–water partition coefficient (Wildman–Crippen LogP) is 1.54. The Bertz CT molecular complexity index is 341. The molecule has 5 nitrogen and oxygen atoms in total. The van der Waals surface area contributed by atoms with E-state index in [0.29, 0.717) is 18.1 Å². The molecule has 0 amide bonds. The summed E-state index contributed by atoms with van der Waals surface area (Å²) in [5.74, 6) is 0.350. The van der Waals surface area contributed by atoms with Gasteiger partial charge < -0.3 is 14.3 Å². The van der Waals surface area contributed by atoms with Crippen molar-refractivity contribution in [2.24, 2.45) is 0 Å². The van der Waals surface area contributed by atoms with Crippen LogP contribution in [0.3, 0.4) is 0 Å². The van der Waals surface area contributed by atoms with E-state index in [4.69, 9.17) is 14.3 Å². The highest BCUT2D eigenvalue weighted by atomic mass is 16.5. The van der Waals surface area contributed by atoms with Gasteiger partial charge in [-0.05, 0) is 12.8 Å². The zero-order valence-electron chi connectivity index (χ0n) is 8.31. The number of hydrogen-bond acceptors (Lipinski definition) is 4. The lowest BCUT2D eigenvalue weighted by Crippen LogP contribution is -1.97. The molecule has 2 heterocycles. The van der Waals surface area contributed by atoms with Gasteiger partial charge in [-0.1, -0.05) is 0 Å². The molecule has 5 heteroatoms. The molecule has 1 fully saturated rings. The van der Waals surface area contributed by atoms with Gasteiger partial charge in [0.25, 0.3) is 0 Å². The second kappa shape index (κ2) is 4.44. The maximum Gasteiger partial charge on any atom is 0.303 e. The van der Waals surface area contributed by atoms with Gasteiger partial charge in [0.1, 0.15) is 6.10 Å². The Morgan fingerprint density at radius 3 is 3.20 bits per heavy atom. The van der Waals surface area contributed by atoms with Gasteiger partial charge in [-0.3, -0.25) is 4.79 Å². The van der Waals surface area contributed by atoms with Crippen molar-refractivity contribution in [3.63, 3.8) is 0 Å². The molecule has 0 spiro atoms. The molecule has 1 aliphatic rings. The summed E-state index contributed by atoms with van der Waals surface area (Å²) in [6.07, 6.45) is 4.01. The molecule has 0 aromatic carbocycles. The zero-order chi connectivity index (χ0) is 10.7. The first kappa shape index (κ1) is 10.2. The Labute approximate surface area is 87.1 Å². The van der Waals surface area contributed by atoms with E-state index in [2.05, 4.69) is 4.98 Å². The fraction of sp³-hybridized carbons (Fsp3) is 0.600. The summed E-state index contributed by atoms with van der Waals surface area (Å²) < 4.78 is 10.8. The predicted molar refractivity (Wildman–Crippen MR) is 50.4 cm³/mol. The molecule has 0 aliphatic carbocycles. The first-order valence-corrected chi connectivity index (χ1v) is 5.03. The van der Waals surface area contributed by atoms with Gasteiger partial charge in [-0.15, -0.1) is 0 Å². The number of nitrogens with zero attached hydrogens (tertiary/aromatic N) is 1. The molecule has 0 radical (unpaired) electrons. The van der Waals surface area contributed by atoms with Crippen LogP contribution >= 0.6 is 0 Å². The fourth-order valence-electron chi connectivity index (χ4n) is 1.60. The largest absolute Gasteiger partial charge is 0.481 e. The van der Waals surface area contributed by atoms with Crippen molar-refractivity contribution in [2.45, 2.75) is 31.8 Å². The van der Waals surface area contributed by atoms with Gasteiger partial charge in [0.15, 0.2) is 11.7 Å². The lowest BCUT2D eigenvalue weighted by Gasteiger charge is -2.03. The first-order chi connectivity index (χ1) is 7.25. The van der Waals surface area contributed by atoms with Crippen molar-refractivity contribution in [2.75, 3.05) is 6.61 Å². The molecule has 0 saturated carbocycles. The number of aromatic nitrogens is 1. The molecule has 1 N–H and O–H groups in total. The van der Waals surface area contributed by atoms with Gasteiger partial charge in [0.05, 0.1) is 12.6 Å². The van der Waals surface area contributed by atoms with E-state index in [1.165, 1.54) is 0 Å². The Balaban J connectivity index is 1.94. The zero-order valence-corrected chi connectivity index (χ0v) is 8.31. The number of carboxylic acid groups (broad SMARTS) is 1. The van der Waals surface area contributed by atoms with E-state index in [9.17, 15) is 4.79 Å². The number of oxazole rings is 1. The van der Waals surface area contributed by atoms with Crippen molar-refractivity contribution in [1.29, 1.82) is 0 Å².